The highest BCUT2D eigenvalue weighted by molar-refractivity contribution is 5.92. The predicted octanol–water partition coefficient (Wildman–Crippen LogP) is 0.970. The van der Waals surface area contributed by atoms with E-state index < -0.39 is 11.9 Å². The van der Waals surface area contributed by atoms with Crippen molar-refractivity contribution in [3.05, 3.63) is 29.3 Å². The molecule has 5 heteroatoms. The fraction of sp³-hybridized carbons (Fsp3) is 0.231. The fourth-order valence-corrected chi connectivity index (χ4v) is 1.18. The molecule has 0 heterocycles. The van der Waals surface area contributed by atoms with Crippen LogP contribution in [0.4, 0.5) is 5.69 Å². The Morgan fingerprint density at radius 3 is 2.72 bits per heavy atom. The van der Waals surface area contributed by atoms with E-state index in [-0.39, 0.29) is 6.61 Å². The second-order valence-corrected chi connectivity index (χ2v) is 3.26. The lowest BCUT2D eigenvalue weighted by Gasteiger charge is -2.03. The molecule has 0 saturated carbocycles. The van der Waals surface area contributed by atoms with Crippen molar-refractivity contribution in [1.29, 1.82) is 0 Å². The number of rotatable bonds is 2. The quantitative estimate of drug-likeness (QED) is 0.478. The number of esters is 2. The Balaban J connectivity index is 3.04. The molecule has 0 radical (unpaired) electrons. The van der Waals surface area contributed by atoms with E-state index in [0.29, 0.717) is 16.8 Å². The Kier molecular flexibility index (Phi) is 4.76. The maximum absolute atomic E-state index is 11.5. The summed E-state index contributed by atoms with van der Waals surface area (Å²) in [7, 11) is 1.23. The summed E-state index contributed by atoms with van der Waals surface area (Å²) < 4.78 is 9.23. The largest absolute Gasteiger partial charge is 0.462 e. The number of nitrogen functional groups attached to an aromatic ring is 1. The van der Waals surface area contributed by atoms with Gasteiger partial charge in [0.05, 0.1) is 19.3 Å². The minimum absolute atomic E-state index is 0.284. The van der Waals surface area contributed by atoms with E-state index in [1.54, 1.807) is 6.92 Å². The molecular weight excluding hydrogens is 234 g/mol. The van der Waals surface area contributed by atoms with Crippen molar-refractivity contribution in [2.24, 2.45) is 0 Å². The summed E-state index contributed by atoms with van der Waals surface area (Å²) in [5.41, 5.74) is 6.77. The molecule has 1 rings (SSSR count). The molecule has 1 aromatic rings. The van der Waals surface area contributed by atoms with Crippen molar-refractivity contribution in [2.45, 2.75) is 6.92 Å². The lowest BCUT2D eigenvalue weighted by Crippen LogP contribution is -2.05. The van der Waals surface area contributed by atoms with Gasteiger partial charge < -0.3 is 15.2 Å². The van der Waals surface area contributed by atoms with E-state index in [0.717, 1.165) is 0 Å². The van der Waals surface area contributed by atoms with Crippen molar-refractivity contribution in [2.75, 3.05) is 19.5 Å². The molecule has 0 amide bonds. The summed E-state index contributed by atoms with van der Waals surface area (Å²) in [5, 5.41) is 0. The summed E-state index contributed by atoms with van der Waals surface area (Å²) in [4.78, 5) is 22.4. The molecule has 5 nitrogen and oxygen atoms in total. The maximum Gasteiger partial charge on any atom is 0.384 e. The van der Waals surface area contributed by atoms with E-state index in [4.69, 9.17) is 10.5 Å². The van der Waals surface area contributed by atoms with Gasteiger partial charge >= 0.3 is 11.9 Å². The first-order valence-corrected chi connectivity index (χ1v) is 5.25. The summed E-state index contributed by atoms with van der Waals surface area (Å²) >= 11 is 0. The van der Waals surface area contributed by atoms with Gasteiger partial charge in [0, 0.05) is 17.2 Å². The Hall–Kier alpha value is -2.48. The van der Waals surface area contributed by atoms with E-state index >= 15 is 0 Å². The molecule has 0 fully saturated rings. The van der Waals surface area contributed by atoms with Crippen LogP contribution in [0.3, 0.4) is 0 Å². The first-order chi connectivity index (χ1) is 8.58. The zero-order valence-electron chi connectivity index (χ0n) is 10.1. The predicted molar refractivity (Wildman–Crippen MR) is 65.7 cm³/mol. The zero-order chi connectivity index (χ0) is 13.5. The van der Waals surface area contributed by atoms with Crippen LogP contribution in [0.1, 0.15) is 22.8 Å². The number of carbonyl (C=O) groups excluding carboxylic acids is 2. The highest BCUT2D eigenvalue weighted by Gasteiger charge is 2.08. The van der Waals surface area contributed by atoms with Gasteiger partial charge in [0.15, 0.2) is 0 Å². The summed E-state index contributed by atoms with van der Waals surface area (Å²) in [6.45, 7) is 2.00. The van der Waals surface area contributed by atoms with Crippen LogP contribution >= 0.6 is 0 Å². The van der Waals surface area contributed by atoms with Crippen molar-refractivity contribution in [3.8, 4) is 11.8 Å². The second kappa shape index (κ2) is 6.30. The number of methoxy groups -OCH3 is 1. The zero-order valence-corrected chi connectivity index (χ0v) is 10.1. The maximum atomic E-state index is 11.5. The molecule has 0 aliphatic heterocycles. The Labute approximate surface area is 105 Å². The molecule has 0 unspecified atom stereocenters. The van der Waals surface area contributed by atoms with Crippen LogP contribution in [0.2, 0.25) is 0 Å². The van der Waals surface area contributed by atoms with Crippen LogP contribution in [0.5, 0.6) is 0 Å². The number of hydrogen-bond acceptors (Lipinski definition) is 5. The van der Waals surface area contributed by atoms with Crippen molar-refractivity contribution in [3.63, 3.8) is 0 Å². The SMILES string of the molecule is CCOC(=O)c1ccc(N)c(C#CC(=O)OC)c1. The van der Waals surface area contributed by atoms with Gasteiger partial charge in [0.2, 0.25) is 0 Å². The highest BCUT2D eigenvalue weighted by atomic mass is 16.5. The van der Waals surface area contributed by atoms with Crippen LogP contribution < -0.4 is 5.73 Å². The number of nitrogens with two attached hydrogens (primary N) is 1. The summed E-state index contributed by atoms with van der Waals surface area (Å²) in [6.07, 6.45) is 0. The molecule has 94 valence electrons. The van der Waals surface area contributed by atoms with Gasteiger partial charge in [0.25, 0.3) is 0 Å². The number of benzene rings is 1. The highest BCUT2D eigenvalue weighted by Crippen LogP contribution is 2.13. The summed E-state index contributed by atoms with van der Waals surface area (Å²) in [6, 6.07) is 4.55. The van der Waals surface area contributed by atoms with Crippen LogP contribution in [-0.2, 0) is 14.3 Å². The normalized spacial score (nSPS) is 9.00. The van der Waals surface area contributed by atoms with Gasteiger partial charge in [-0.15, -0.1) is 0 Å². The molecular formula is C13H13NO4. The molecule has 0 atom stereocenters. The van der Waals surface area contributed by atoms with Crippen LogP contribution in [0.15, 0.2) is 18.2 Å². The lowest BCUT2D eigenvalue weighted by molar-refractivity contribution is -0.133. The van der Waals surface area contributed by atoms with Crippen molar-refractivity contribution < 1.29 is 19.1 Å². The summed E-state index contributed by atoms with van der Waals surface area (Å²) in [5.74, 6) is 3.66. The standard InChI is InChI=1S/C13H13NO4/c1-3-18-13(16)10-4-6-11(14)9(8-10)5-7-12(15)17-2/h4,6,8H,3,14H2,1-2H3. The Morgan fingerprint density at radius 2 is 2.11 bits per heavy atom. The molecule has 0 aromatic heterocycles. The average Bonchev–Trinajstić information content (AvgIpc) is 2.37. The van der Waals surface area contributed by atoms with Crippen molar-refractivity contribution in [1.82, 2.24) is 0 Å². The molecule has 0 aliphatic rings. The third-order valence-corrected chi connectivity index (χ3v) is 2.05. The van der Waals surface area contributed by atoms with Gasteiger partial charge in [-0.1, -0.05) is 5.92 Å². The van der Waals surface area contributed by atoms with Gasteiger partial charge in [-0.05, 0) is 25.1 Å². The third-order valence-electron chi connectivity index (χ3n) is 2.05. The molecule has 0 saturated heterocycles. The first-order valence-electron chi connectivity index (χ1n) is 5.25. The van der Waals surface area contributed by atoms with Gasteiger partial charge in [-0.2, -0.15) is 0 Å². The molecule has 1 aromatic carbocycles. The molecule has 0 bridgehead atoms. The lowest BCUT2D eigenvalue weighted by atomic mass is 10.1. The van der Waals surface area contributed by atoms with Gasteiger partial charge in [0.1, 0.15) is 0 Å². The molecule has 2 N–H and O–H groups in total. The molecule has 18 heavy (non-hydrogen) atoms. The Bertz CT molecular complexity index is 526. The smallest absolute Gasteiger partial charge is 0.384 e. The van der Waals surface area contributed by atoms with E-state index in [9.17, 15) is 9.59 Å². The van der Waals surface area contributed by atoms with E-state index in [2.05, 4.69) is 16.6 Å². The average molecular weight is 247 g/mol. The topological polar surface area (TPSA) is 78.6 Å². The van der Waals surface area contributed by atoms with E-state index in [1.807, 2.05) is 0 Å². The first kappa shape index (κ1) is 13.6. The third kappa shape index (κ3) is 3.52. The molecule has 0 spiro atoms. The van der Waals surface area contributed by atoms with Crippen LogP contribution in [-0.4, -0.2) is 25.7 Å². The number of hydrogen-bond donors (Lipinski definition) is 1. The van der Waals surface area contributed by atoms with E-state index in [1.165, 1.54) is 25.3 Å². The minimum atomic E-state index is -0.670. The van der Waals surface area contributed by atoms with Crippen molar-refractivity contribution >= 4 is 17.6 Å². The number of anilines is 1. The fourth-order valence-electron chi connectivity index (χ4n) is 1.18. The van der Waals surface area contributed by atoms with Crippen LogP contribution in [0, 0.1) is 11.8 Å². The van der Waals surface area contributed by atoms with Gasteiger partial charge in [-0.25, -0.2) is 9.59 Å². The van der Waals surface area contributed by atoms with Gasteiger partial charge in [-0.3, -0.25) is 0 Å². The Morgan fingerprint density at radius 1 is 1.39 bits per heavy atom. The number of ether oxygens (including phenoxy) is 2. The minimum Gasteiger partial charge on any atom is -0.462 e. The molecule has 0 aliphatic carbocycles. The second-order valence-electron chi connectivity index (χ2n) is 3.26. The number of carbonyl (C=O) groups is 2. The monoisotopic (exact) mass is 247 g/mol. The van der Waals surface area contributed by atoms with Crippen LogP contribution in [0.25, 0.3) is 0 Å².